The summed E-state index contributed by atoms with van der Waals surface area (Å²) in [7, 11) is -4.37. The molecule has 0 rings (SSSR count). The van der Waals surface area contributed by atoms with Crippen LogP contribution in [-0.2, 0) is 32.7 Å². The Morgan fingerprint density at radius 3 is 1.59 bits per heavy atom. The van der Waals surface area contributed by atoms with Gasteiger partial charge in [0.15, 0.2) is 6.10 Å². The molecule has 0 aromatic carbocycles. The third kappa shape index (κ3) is 36.1. The first-order chi connectivity index (χ1) is 23.8. The lowest BCUT2D eigenvalue weighted by molar-refractivity contribution is -0.161. The third-order valence-corrected chi connectivity index (χ3v) is 9.32. The molecule has 2 atom stereocenters. The molecule has 0 bridgehead atoms. The van der Waals surface area contributed by atoms with Gasteiger partial charge in [0.25, 0.3) is 0 Å². The lowest BCUT2D eigenvalue weighted by Gasteiger charge is -2.19. The van der Waals surface area contributed by atoms with E-state index >= 15 is 0 Å². The fourth-order valence-electron chi connectivity index (χ4n) is 5.37. The highest BCUT2D eigenvalue weighted by atomic mass is 31.2. The molecule has 0 amide bonds. The largest absolute Gasteiger partial charge is 0.472 e. The van der Waals surface area contributed by atoms with Crippen LogP contribution in [0.3, 0.4) is 0 Å². The van der Waals surface area contributed by atoms with Gasteiger partial charge >= 0.3 is 19.8 Å². The highest BCUT2D eigenvalue weighted by Crippen LogP contribution is 2.43. The Morgan fingerprint density at radius 1 is 0.612 bits per heavy atom. The maximum Gasteiger partial charge on any atom is 0.472 e. The van der Waals surface area contributed by atoms with E-state index in [1.807, 2.05) is 0 Å². The Morgan fingerprint density at radius 2 is 1.06 bits per heavy atom. The van der Waals surface area contributed by atoms with Gasteiger partial charge in [-0.05, 0) is 44.9 Å². The monoisotopic (exact) mass is 716 g/mol. The van der Waals surface area contributed by atoms with E-state index in [-0.39, 0.29) is 38.6 Å². The lowest BCUT2D eigenvalue weighted by atomic mass is 10.1. The van der Waals surface area contributed by atoms with Gasteiger partial charge in [-0.3, -0.25) is 18.6 Å². The Labute approximate surface area is 300 Å². The summed E-state index contributed by atoms with van der Waals surface area (Å²) in [5, 5.41) is 0. The van der Waals surface area contributed by atoms with Crippen molar-refractivity contribution in [1.82, 2.24) is 0 Å². The molecule has 0 saturated carbocycles. The molecule has 288 valence electrons. The summed E-state index contributed by atoms with van der Waals surface area (Å²) in [6.45, 7) is 3.69. The van der Waals surface area contributed by atoms with Gasteiger partial charge in [-0.1, -0.05) is 147 Å². The number of phosphoric acid groups is 1. The van der Waals surface area contributed by atoms with Crippen molar-refractivity contribution in [3.8, 4) is 0 Å². The summed E-state index contributed by atoms with van der Waals surface area (Å²) in [6, 6.07) is 0. The van der Waals surface area contributed by atoms with Crippen molar-refractivity contribution in [2.75, 3.05) is 26.4 Å². The normalized spacial score (nSPS) is 13.6. The minimum absolute atomic E-state index is 0.0536. The number of nitrogens with two attached hydrogens (primary N) is 1. The van der Waals surface area contributed by atoms with Crippen molar-refractivity contribution >= 4 is 19.8 Å². The SMILES string of the molecule is CCCCCC=CCC=CCCCCCCCCCC(=O)OCC(COP(=O)(O)OCCN)OC(=O)CCCCCCCCCCCCC. The topological polar surface area (TPSA) is 134 Å². The molecule has 0 aromatic rings. The van der Waals surface area contributed by atoms with Crippen molar-refractivity contribution in [3.05, 3.63) is 24.3 Å². The van der Waals surface area contributed by atoms with Crippen molar-refractivity contribution < 1.29 is 37.6 Å². The number of unbranched alkanes of at least 4 members (excludes halogenated alkanes) is 20. The Hall–Kier alpha value is -1.51. The molecule has 10 heteroatoms. The van der Waals surface area contributed by atoms with Gasteiger partial charge < -0.3 is 20.1 Å². The number of phosphoric ester groups is 1. The van der Waals surface area contributed by atoms with E-state index in [9.17, 15) is 19.0 Å². The van der Waals surface area contributed by atoms with Crippen LogP contribution in [0.4, 0.5) is 0 Å². The van der Waals surface area contributed by atoms with Crippen LogP contribution in [0.1, 0.15) is 181 Å². The molecule has 0 saturated heterocycles. The van der Waals surface area contributed by atoms with E-state index in [0.29, 0.717) is 6.42 Å². The molecular formula is C39H74NO8P. The molecule has 0 aliphatic rings. The number of allylic oxidation sites excluding steroid dienone is 4. The number of ether oxygens (including phenoxy) is 2. The highest BCUT2D eigenvalue weighted by Gasteiger charge is 2.25. The predicted octanol–water partition coefficient (Wildman–Crippen LogP) is 10.8. The number of carbonyl (C=O) groups excluding carboxylic acids is 2. The summed E-state index contributed by atoms with van der Waals surface area (Å²) < 4.78 is 32.6. The van der Waals surface area contributed by atoms with Crippen molar-refractivity contribution in [2.45, 2.75) is 187 Å². The van der Waals surface area contributed by atoms with E-state index in [1.54, 1.807) is 0 Å². The lowest BCUT2D eigenvalue weighted by Crippen LogP contribution is -2.29. The Balaban J connectivity index is 4.17. The molecule has 0 fully saturated rings. The number of hydrogen-bond donors (Lipinski definition) is 2. The minimum Gasteiger partial charge on any atom is -0.462 e. The molecular weight excluding hydrogens is 641 g/mol. The van der Waals surface area contributed by atoms with Crippen LogP contribution in [0, 0.1) is 0 Å². The minimum atomic E-state index is -4.37. The first-order valence-corrected chi connectivity index (χ1v) is 21.3. The van der Waals surface area contributed by atoms with Crippen LogP contribution >= 0.6 is 7.82 Å². The Bertz CT molecular complexity index is 866. The zero-order valence-electron chi connectivity index (χ0n) is 31.4. The summed E-state index contributed by atoms with van der Waals surface area (Å²) >= 11 is 0. The zero-order chi connectivity index (χ0) is 36.1. The maximum atomic E-state index is 12.5. The second-order valence-corrected chi connectivity index (χ2v) is 14.6. The maximum absolute atomic E-state index is 12.5. The molecule has 2 unspecified atom stereocenters. The first-order valence-electron chi connectivity index (χ1n) is 19.8. The molecule has 0 aliphatic carbocycles. The zero-order valence-corrected chi connectivity index (χ0v) is 32.3. The van der Waals surface area contributed by atoms with E-state index < -0.39 is 26.5 Å². The standard InChI is InChI=1S/C39H74NO8P/c1-3-5-7-9-11-13-15-16-17-18-19-20-22-23-25-27-29-31-38(41)45-35-37(36-47-49(43,44)46-34-33-40)48-39(42)32-30-28-26-24-21-14-12-10-8-6-4-2/h11,13,16-17,37H,3-10,12,14-15,18-36,40H2,1-2H3,(H,43,44). The van der Waals surface area contributed by atoms with Gasteiger partial charge in [-0.2, -0.15) is 0 Å². The first kappa shape index (κ1) is 47.5. The molecule has 0 radical (unpaired) electrons. The fourth-order valence-corrected chi connectivity index (χ4v) is 6.13. The van der Waals surface area contributed by atoms with Gasteiger partial charge in [0.1, 0.15) is 6.61 Å². The van der Waals surface area contributed by atoms with E-state index in [2.05, 4.69) is 38.2 Å². The summed E-state index contributed by atoms with van der Waals surface area (Å²) in [5.74, 6) is -0.835. The number of rotatable bonds is 37. The summed E-state index contributed by atoms with van der Waals surface area (Å²) in [4.78, 5) is 34.7. The van der Waals surface area contributed by atoms with E-state index in [1.165, 1.54) is 96.3 Å². The second kappa shape index (κ2) is 36.3. The number of carbonyl (C=O) groups is 2. The van der Waals surface area contributed by atoms with E-state index in [0.717, 1.165) is 51.4 Å². The summed E-state index contributed by atoms with van der Waals surface area (Å²) in [5.41, 5.74) is 5.33. The molecule has 49 heavy (non-hydrogen) atoms. The Kier molecular flexibility index (Phi) is 35.2. The van der Waals surface area contributed by atoms with Gasteiger partial charge in [0, 0.05) is 19.4 Å². The average Bonchev–Trinajstić information content (AvgIpc) is 3.08. The molecule has 0 aliphatic heterocycles. The number of esters is 2. The van der Waals surface area contributed by atoms with Gasteiger partial charge in [0.05, 0.1) is 13.2 Å². The molecule has 0 spiro atoms. The van der Waals surface area contributed by atoms with Crippen molar-refractivity contribution in [2.24, 2.45) is 5.73 Å². The van der Waals surface area contributed by atoms with Crippen LogP contribution in [0.15, 0.2) is 24.3 Å². The highest BCUT2D eigenvalue weighted by molar-refractivity contribution is 7.47. The summed E-state index contributed by atoms with van der Waals surface area (Å²) in [6.07, 6.45) is 36.3. The van der Waals surface area contributed by atoms with Crippen LogP contribution in [0.25, 0.3) is 0 Å². The quantitative estimate of drug-likeness (QED) is 0.0279. The van der Waals surface area contributed by atoms with Crippen LogP contribution < -0.4 is 5.73 Å². The van der Waals surface area contributed by atoms with Crippen LogP contribution in [0.2, 0.25) is 0 Å². The fraction of sp³-hybridized carbons (Fsp3) is 0.846. The smallest absolute Gasteiger partial charge is 0.462 e. The van der Waals surface area contributed by atoms with Crippen LogP contribution in [-0.4, -0.2) is 49.3 Å². The molecule has 0 heterocycles. The van der Waals surface area contributed by atoms with Gasteiger partial charge in [-0.15, -0.1) is 0 Å². The second-order valence-electron chi connectivity index (χ2n) is 13.2. The molecule has 9 nitrogen and oxygen atoms in total. The average molecular weight is 716 g/mol. The van der Waals surface area contributed by atoms with Gasteiger partial charge in [-0.25, -0.2) is 4.57 Å². The number of hydrogen-bond acceptors (Lipinski definition) is 8. The van der Waals surface area contributed by atoms with Crippen molar-refractivity contribution in [1.29, 1.82) is 0 Å². The van der Waals surface area contributed by atoms with Crippen LogP contribution in [0.5, 0.6) is 0 Å². The van der Waals surface area contributed by atoms with Gasteiger partial charge in [0.2, 0.25) is 0 Å². The molecule has 0 aromatic heterocycles. The molecule has 3 N–H and O–H groups in total. The van der Waals surface area contributed by atoms with Crippen molar-refractivity contribution in [3.63, 3.8) is 0 Å². The third-order valence-electron chi connectivity index (χ3n) is 8.34. The predicted molar refractivity (Wildman–Crippen MR) is 201 cm³/mol. The van der Waals surface area contributed by atoms with E-state index in [4.69, 9.17) is 24.3 Å².